The summed E-state index contributed by atoms with van der Waals surface area (Å²) in [7, 11) is 0. The van der Waals surface area contributed by atoms with Gasteiger partial charge in [-0.1, -0.05) is 42.5 Å². The molecule has 24 heavy (non-hydrogen) atoms. The molecule has 0 bridgehead atoms. The molecule has 124 valence electrons. The number of aryl methyl sites for hydroxylation is 1. The number of hydrogen-bond donors (Lipinski definition) is 2. The summed E-state index contributed by atoms with van der Waals surface area (Å²) in [6, 6.07) is 14.9. The summed E-state index contributed by atoms with van der Waals surface area (Å²) in [5, 5.41) is 6.54. The van der Waals surface area contributed by atoms with Crippen LogP contribution in [-0.4, -0.2) is 5.91 Å². The van der Waals surface area contributed by atoms with E-state index < -0.39 is 5.41 Å². The Balaban J connectivity index is 1.50. The second-order valence-electron chi connectivity index (χ2n) is 7.23. The highest BCUT2D eigenvalue weighted by Crippen LogP contribution is 2.37. The van der Waals surface area contributed by atoms with Crippen LogP contribution >= 0.6 is 0 Å². The van der Waals surface area contributed by atoms with Crippen LogP contribution in [-0.2, 0) is 36.3 Å². The second-order valence-corrected chi connectivity index (χ2v) is 7.23. The number of hydrogen-bond acceptors (Lipinski definition) is 2. The molecule has 1 amide bonds. The van der Waals surface area contributed by atoms with Crippen LogP contribution in [0.5, 0.6) is 0 Å². The van der Waals surface area contributed by atoms with Crippen molar-refractivity contribution >= 4 is 5.91 Å². The summed E-state index contributed by atoms with van der Waals surface area (Å²) >= 11 is 0. The third-order valence-corrected chi connectivity index (χ3v) is 5.59. The van der Waals surface area contributed by atoms with E-state index in [0.717, 1.165) is 32.4 Å². The first kappa shape index (κ1) is 15.4. The summed E-state index contributed by atoms with van der Waals surface area (Å²) in [5.41, 5.74) is 6.03. The molecule has 0 saturated heterocycles. The highest BCUT2D eigenvalue weighted by Gasteiger charge is 2.38. The van der Waals surface area contributed by atoms with Crippen LogP contribution in [0, 0.1) is 0 Å². The molecule has 1 heterocycles. The summed E-state index contributed by atoms with van der Waals surface area (Å²) in [6.07, 6.45) is 3.08. The first-order valence-corrected chi connectivity index (χ1v) is 8.85. The molecule has 0 spiro atoms. The topological polar surface area (TPSA) is 41.1 Å². The van der Waals surface area contributed by atoms with Gasteiger partial charge in [-0.3, -0.25) is 4.79 Å². The molecule has 1 aliphatic heterocycles. The van der Waals surface area contributed by atoms with Crippen molar-refractivity contribution < 1.29 is 4.79 Å². The normalized spacial score (nSPS) is 21.9. The summed E-state index contributed by atoms with van der Waals surface area (Å²) in [5.74, 6) is 0.147. The van der Waals surface area contributed by atoms with Crippen LogP contribution in [0.1, 0.15) is 47.6 Å². The lowest BCUT2D eigenvalue weighted by atomic mass is 9.70. The van der Waals surface area contributed by atoms with E-state index in [1.807, 2.05) is 6.07 Å². The fourth-order valence-electron chi connectivity index (χ4n) is 4.12. The van der Waals surface area contributed by atoms with Gasteiger partial charge >= 0.3 is 0 Å². The second kappa shape index (κ2) is 6.06. The predicted octanol–water partition coefficient (Wildman–Crippen LogP) is 3.20. The van der Waals surface area contributed by atoms with Crippen LogP contribution < -0.4 is 10.6 Å². The number of carbonyl (C=O) groups is 1. The van der Waals surface area contributed by atoms with Gasteiger partial charge in [0.2, 0.25) is 5.91 Å². The van der Waals surface area contributed by atoms with Gasteiger partial charge in [0.25, 0.3) is 0 Å². The van der Waals surface area contributed by atoms with E-state index >= 15 is 0 Å². The van der Waals surface area contributed by atoms with E-state index in [1.54, 1.807) is 0 Å². The summed E-state index contributed by atoms with van der Waals surface area (Å²) in [4.78, 5) is 13.0. The molecule has 4 rings (SSSR count). The van der Waals surface area contributed by atoms with Crippen LogP contribution in [0.3, 0.4) is 0 Å². The number of fused-ring (bicyclic) bond motifs is 2. The van der Waals surface area contributed by atoms with Crippen molar-refractivity contribution in [2.75, 3.05) is 0 Å². The quantitative estimate of drug-likeness (QED) is 0.912. The lowest BCUT2D eigenvalue weighted by Gasteiger charge is -2.34. The Hall–Kier alpha value is -2.13. The molecule has 2 aliphatic rings. The zero-order valence-electron chi connectivity index (χ0n) is 14.2. The molecule has 0 radical (unpaired) electrons. The highest BCUT2D eigenvalue weighted by molar-refractivity contribution is 5.88. The van der Waals surface area contributed by atoms with Crippen molar-refractivity contribution in [1.82, 2.24) is 10.6 Å². The van der Waals surface area contributed by atoms with Crippen LogP contribution in [0.25, 0.3) is 0 Å². The van der Waals surface area contributed by atoms with E-state index in [9.17, 15) is 4.79 Å². The van der Waals surface area contributed by atoms with Gasteiger partial charge in [-0.05, 0) is 54.0 Å². The number of amides is 1. The average Bonchev–Trinajstić information content (AvgIpc) is 3.08. The minimum atomic E-state index is -0.410. The van der Waals surface area contributed by atoms with Gasteiger partial charge in [-0.15, -0.1) is 0 Å². The molecule has 3 heteroatoms. The molecule has 3 nitrogen and oxygen atoms in total. The Morgan fingerprint density at radius 3 is 2.88 bits per heavy atom. The third-order valence-electron chi connectivity index (χ3n) is 5.59. The number of rotatable bonds is 3. The average molecular weight is 320 g/mol. The van der Waals surface area contributed by atoms with E-state index in [1.165, 1.54) is 27.8 Å². The fourth-order valence-corrected chi connectivity index (χ4v) is 4.12. The summed E-state index contributed by atoms with van der Waals surface area (Å²) < 4.78 is 0. The number of carbonyl (C=O) groups excluding carboxylic acids is 1. The lowest BCUT2D eigenvalue weighted by molar-refractivity contribution is -0.126. The predicted molar refractivity (Wildman–Crippen MR) is 95.6 cm³/mol. The van der Waals surface area contributed by atoms with Crippen LogP contribution in [0.2, 0.25) is 0 Å². The van der Waals surface area contributed by atoms with E-state index in [2.05, 4.69) is 54.0 Å². The van der Waals surface area contributed by atoms with Gasteiger partial charge in [-0.25, -0.2) is 0 Å². The zero-order chi connectivity index (χ0) is 16.6. The molecule has 0 aromatic heterocycles. The van der Waals surface area contributed by atoms with Gasteiger partial charge in [0, 0.05) is 19.6 Å². The number of benzene rings is 2. The minimum Gasteiger partial charge on any atom is -0.351 e. The molecule has 0 fully saturated rings. The Morgan fingerprint density at radius 2 is 1.96 bits per heavy atom. The van der Waals surface area contributed by atoms with Gasteiger partial charge in [0.15, 0.2) is 0 Å². The van der Waals surface area contributed by atoms with Gasteiger partial charge in [0.1, 0.15) is 0 Å². The smallest absolute Gasteiger partial charge is 0.230 e. The molecular formula is C21H24N2O. The molecule has 1 atom stereocenters. The minimum absolute atomic E-state index is 0.147. The first-order valence-electron chi connectivity index (χ1n) is 8.85. The summed E-state index contributed by atoms with van der Waals surface area (Å²) in [6.45, 7) is 4.58. The Bertz CT molecular complexity index is 783. The maximum absolute atomic E-state index is 13.0. The zero-order valence-corrected chi connectivity index (χ0v) is 14.2. The van der Waals surface area contributed by atoms with Crippen molar-refractivity contribution in [2.45, 2.75) is 51.2 Å². The molecular weight excluding hydrogens is 296 g/mol. The third kappa shape index (κ3) is 2.63. The van der Waals surface area contributed by atoms with Crippen LogP contribution in [0.15, 0.2) is 42.5 Å². The van der Waals surface area contributed by atoms with E-state index in [-0.39, 0.29) is 5.91 Å². The van der Waals surface area contributed by atoms with Gasteiger partial charge in [-0.2, -0.15) is 0 Å². The van der Waals surface area contributed by atoms with Gasteiger partial charge < -0.3 is 10.6 Å². The Labute approximate surface area is 143 Å². The number of nitrogens with one attached hydrogen (secondary N) is 2. The monoisotopic (exact) mass is 320 g/mol. The largest absolute Gasteiger partial charge is 0.351 e. The molecule has 2 aromatic rings. The molecule has 0 saturated carbocycles. The van der Waals surface area contributed by atoms with Crippen molar-refractivity contribution in [3.05, 3.63) is 70.3 Å². The van der Waals surface area contributed by atoms with Crippen molar-refractivity contribution in [2.24, 2.45) is 0 Å². The van der Waals surface area contributed by atoms with Crippen molar-refractivity contribution in [1.29, 1.82) is 0 Å². The SMILES string of the molecule is CC1(C(=O)NCc2ccc3c(c2)CNC3)CCCc2ccccc21. The molecule has 1 aliphatic carbocycles. The molecule has 2 aromatic carbocycles. The first-order chi connectivity index (χ1) is 11.7. The molecule has 1 unspecified atom stereocenters. The van der Waals surface area contributed by atoms with Crippen molar-refractivity contribution in [3.8, 4) is 0 Å². The Morgan fingerprint density at radius 1 is 1.12 bits per heavy atom. The fraction of sp³-hybridized carbons (Fsp3) is 0.381. The van der Waals surface area contributed by atoms with Crippen LogP contribution in [0.4, 0.5) is 0 Å². The maximum atomic E-state index is 13.0. The van der Waals surface area contributed by atoms with Gasteiger partial charge in [0.05, 0.1) is 5.41 Å². The highest BCUT2D eigenvalue weighted by atomic mass is 16.2. The Kier molecular flexibility index (Phi) is 3.89. The van der Waals surface area contributed by atoms with E-state index in [0.29, 0.717) is 6.54 Å². The molecule has 2 N–H and O–H groups in total. The van der Waals surface area contributed by atoms with E-state index in [4.69, 9.17) is 0 Å². The maximum Gasteiger partial charge on any atom is 0.230 e. The van der Waals surface area contributed by atoms with Crippen molar-refractivity contribution in [3.63, 3.8) is 0 Å². The lowest BCUT2D eigenvalue weighted by Crippen LogP contribution is -2.44. The standard InChI is InChI=1S/C21H24N2O/c1-21(10-4-6-16-5-2-3-7-19(16)21)20(24)23-12-15-8-9-17-13-22-14-18(17)11-15/h2-3,5,7-9,11,22H,4,6,10,12-14H2,1H3,(H,23,24).